The lowest BCUT2D eigenvalue weighted by atomic mass is 9.98. The fourth-order valence-electron chi connectivity index (χ4n) is 4.43. The van der Waals surface area contributed by atoms with E-state index < -0.39 is 23.5 Å². The van der Waals surface area contributed by atoms with Crippen molar-refractivity contribution in [2.45, 2.75) is 25.8 Å². The van der Waals surface area contributed by atoms with Crippen LogP contribution in [0.4, 0.5) is 5.13 Å². The van der Waals surface area contributed by atoms with Crippen molar-refractivity contribution in [1.29, 1.82) is 0 Å². The second-order valence-electron chi connectivity index (χ2n) is 8.99. The van der Waals surface area contributed by atoms with Crippen LogP contribution in [0.5, 0.6) is 11.5 Å². The Balaban J connectivity index is 1.73. The van der Waals surface area contributed by atoms with Crippen molar-refractivity contribution in [3.05, 3.63) is 82.1 Å². The molecule has 0 spiro atoms. The molecule has 1 N–H and O–H groups in total. The minimum atomic E-state index is -1.02. The molecule has 10 heteroatoms. The number of ether oxygens (including phenoxy) is 2. The highest BCUT2D eigenvalue weighted by atomic mass is 35.5. The van der Waals surface area contributed by atoms with Gasteiger partial charge in [-0.05, 0) is 41.8 Å². The van der Waals surface area contributed by atoms with Crippen LogP contribution in [0, 0.1) is 0 Å². The monoisotopic (exact) mass is 549 g/mol. The summed E-state index contributed by atoms with van der Waals surface area (Å²) in [4.78, 5) is 37.4. The lowest BCUT2D eigenvalue weighted by Gasteiger charge is -2.22. The van der Waals surface area contributed by atoms with Crippen LogP contribution in [0.1, 0.15) is 42.6 Å². The average Bonchev–Trinajstić information content (AvgIpc) is 3.46. The van der Waals surface area contributed by atoms with Crippen molar-refractivity contribution in [3.63, 3.8) is 0 Å². The zero-order valence-corrected chi connectivity index (χ0v) is 22.6. The number of rotatable bonds is 6. The Hall–Kier alpha value is -3.95. The number of hydrogen-bond acceptors (Lipinski definition) is 8. The molecule has 0 bridgehead atoms. The largest absolute Gasteiger partial charge is 0.507 e. The number of amides is 1. The van der Waals surface area contributed by atoms with E-state index in [2.05, 4.69) is 23.8 Å². The summed E-state index contributed by atoms with van der Waals surface area (Å²) in [7, 11) is 2.85. The van der Waals surface area contributed by atoms with Gasteiger partial charge in [0.05, 0.1) is 46.3 Å². The van der Waals surface area contributed by atoms with E-state index in [0.29, 0.717) is 22.3 Å². The molecule has 194 valence electrons. The molecule has 1 atom stereocenters. The molecular weight excluding hydrogens is 526 g/mol. The van der Waals surface area contributed by atoms with Gasteiger partial charge in [-0.15, -0.1) is 0 Å². The molecule has 1 unspecified atom stereocenters. The number of Topliss-reactive ketones (excluding diaryl/α,β-unsaturated/α-hetero) is 1. The van der Waals surface area contributed by atoms with E-state index >= 15 is 0 Å². The van der Waals surface area contributed by atoms with Crippen LogP contribution in [-0.4, -0.2) is 41.0 Å². The Morgan fingerprint density at radius 3 is 2.50 bits per heavy atom. The minimum Gasteiger partial charge on any atom is -0.507 e. The third-order valence-electron chi connectivity index (χ3n) is 6.42. The van der Waals surface area contributed by atoms with Crippen LogP contribution < -0.4 is 14.4 Å². The summed E-state index contributed by atoms with van der Waals surface area (Å²) in [5, 5.41) is 12.1. The number of nitrogens with zero attached hydrogens (tertiary/aromatic N) is 3. The predicted molar refractivity (Wildman–Crippen MR) is 147 cm³/mol. The topological polar surface area (TPSA) is 102 Å². The first kappa shape index (κ1) is 25.7. The van der Waals surface area contributed by atoms with Crippen molar-refractivity contribution < 1.29 is 24.2 Å². The second kappa shape index (κ2) is 10.1. The number of anilines is 1. The molecule has 1 fully saturated rings. The second-order valence-corrected chi connectivity index (χ2v) is 10.4. The average molecular weight is 550 g/mol. The summed E-state index contributed by atoms with van der Waals surface area (Å²) in [5.41, 5.74) is 2.26. The number of halogens is 1. The van der Waals surface area contributed by atoms with Crippen LogP contribution in [0.25, 0.3) is 16.0 Å². The van der Waals surface area contributed by atoms with Gasteiger partial charge in [-0.1, -0.05) is 48.9 Å². The van der Waals surface area contributed by atoms with Crippen LogP contribution in [0.3, 0.4) is 0 Å². The molecule has 1 amide bonds. The fourth-order valence-corrected chi connectivity index (χ4v) is 5.70. The summed E-state index contributed by atoms with van der Waals surface area (Å²) >= 11 is 7.55. The number of methoxy groups -OCH3 is 2. The highest BCUT2D eigenvalue weighted by Crippen LogP contribution is 2.46. The molecule has 2 aromatic carbocycles. The Bertz CT molecular complexity index is 1600. The van der Waals surface area contributed by atoms with Crippen molar-refractivity contribution in [2.75, 3.05) is 19.1 Å². The molecule has 2 aromatic heterocycles. The Labute approximate surface area is 228 Å². The van der Waals surface area contributed by atoms with Gasteiger partial charge < -0.3 is 14.6 Å². The normalized spacial score (nSPS) is 17.0. The smallest absolute Gasteiger partial charge is 0.301 e. The first-order chi connectivity index (χ1) is 18.2. The van der Waals surface area contributed by atoms with Gasteiger partial charge in [0.1, 0.15) is 23.3 Å². The van der Waals surface area contributed by atoms with Gasteiger partial charge in [0.15, 0.2) is 5.13 Å². The maximum absolute atomic E-state index is 13.5. The number of fused-ring (bicyclic) bond motifs is 1. The molecule has 0 aliphatic carbocycles. The number of thiazole rings is 1. The summed E-state index contributed by atoms with van der Waals surface area (Å²) in [6, 6.07) is 13.0. The molecule has 1 saturated heterocycles. The number of hydrogen-bond donors (Lipinski definition) is 1. The molecule has 0 saturated carbocycles. The van der Waals surface area contributed by atoms with Crippen LogP contribution in [0.15, 0.2) is 60.3 Å². The van der Waals surface area contributed by atoms with Crippen LogP contribution >= 0.6 is 22.9 Å². The molecule has 1 aliphatic rings. The Morgan fingerprint density at radius 2 is 1.84 bits per heavy atom. The molecule has 5 rings (SSSR count). The lowest BCUT2D eigenvalue weighted by Crippen LogP contribution is -2.29. The standard InChI is InChI=1S/C28H24ClN3O5S/c1-14(2)15-8-9-18-22(11-15)38-28(31-18)32-24(19-7-5-6-10-30-19)23(26(34)27(32)35)25(33)16-12-21(37-4)17(29)13-20(16)36-3/h5-14,24,33H,1-4H3/b25-23+. The van der Waals surface area contributed by atoms with Gasteiger partial charge in [-0.2, -0.15) is 0 Å². The van der Waals surface area contributed by atoms with E-state index in [1.54, 1.807) is 24.4 Å². The maximum atomic E-state index is 13.5. The molecule has 8 nitrogen and oxygen atoms in total. The van der Waals surface area contributed by atoms with E-state index in [0.717, 1.165) is 10.3 Å². The summed E-state index contributed by atoms with van der Waals surface area (Å²) in [6.45, 7) is 4.20. The maximum Gasteiger partial charge on any atom is 0.301 e. The van der Waals surface area contributed by atoms with Crippen molar-refractivity contribution in [2.24, 2.45) is 0 Å². The summed E-state index contributed by atoms with van der Waals surface area (Å²) in [6.07, 6.45) is 1.56. The number of benzene rings is 2. The van der Waals surface area contributed by atoms with Crippen LogP contribution in [0.2, 0.25) is 5.02 Å². The number of pyridine rings is 1. The molecule has 4 aromatic rings. The SMILES string of the molecule is COc1cc(/C(O)=C2\C(=O)C(=O)N(c3nc4ccc(C(C)C)cc4s3)C2c2ccccn2)c(OC)cc1Cl. The first-order valence-electron chi connectivity index (χ1n) is 11.8. The van der Waals surface area contributed by atoms with Crippen molar-refractivity contribution in [1.82, 2.24) is 9.97 Å². The molecule has 1 aliphatic heterocycles. The number of carbonyl (C=O) groups is 2. The molecular formula is C28H24ClN3O5S. The zero-order chi connectivity index (χ0) is 27.1. The van der Waals surface area contributed by atoms with Gasteiger partial charge in [-0.25, -0.2) is 4.98 Å². The highest BCUT2D eigenvalue weighted by Gasteiger charge is 2.49. The van der Waals surface area contributed by atoms with Gasteiger partial charge >= 0.3 is 5.91 Å². The number of ketones is 1. The molecule has 3 heterocycles. The lowest BCUT2D eigenvalue weighted by molar-refractivity contribution is -0.132. The van der Waals surface area contributed by atoms with Gasteiger partial charge in [0, 0.05) is 12.3 Å². The van der Waals surface area contributed by atoms with Crippen LogP contribution in [-0.2, 0) is 9.59 Å². The van der Waals surface area contributed by atoms with E-state index in [4.69, 9.17) is 21.1 Å². The van der Waals surface area contributed by atoms with Gasteiger partial charge in [0.25, 0.3) is 5.78 Å². The van der Waals surface area contributed by atoms with E-state index in [1.807, 2.05) is 18.2 Å². The number of aliphatic hydroxyl groups is 1. The fraction of sp³-hybridized carbons (Fsp3) is 0.214. The van der Waals surface area contributed by atoms with Gasteiger partial charge in [0.2, 0.25) is 0 Å². The number of aromatic nitrogens is 2. The van der Waals surface area contributed by atoms with Crippen molar-refractivity contribution >= 4 is 55.7 Å². The number of carbonyl (C=O) groups excluding carboxylic acids is 2. The summed E-state index contributed by atoms with van der Waals surface area (Å²) in [5.74, 6) is -1.32. The molecule has 38 heavy (non-hydrogen) atoms. The quantitative estimate of drug-likeness (QED) is 0.176. The van der Waals surface area contributed by atoms with E-state index in [-0.39, 0.29) is 27.7 Å². The highest BCUT2D eigenvalue weighted by molar-refractivity contribution is 7.22. The van der Waals surface area contributed by atoms with Gasteiger partial charge in [-0.3, -0.25) is 19.5 Å². The third-order valence-corrected chi connectivity index (χ3v) is 7.73. The minimum absolute atomic E-state index is 0.140. The predicted octanol–water partition coefficient (Wildman–Crippen LogP) is 6.11. The zero-order valence-electron chi connectivity index (χ0n) is 21.1. The van der Waals surface area contributed by atoms with Crippen molar-refractivity contribution in [3.8, 4) is 11.5 Å². The third kappa shape index (κ3) is 4.27. The van der Waals surface area contributed by atoms with E-state index in [1.165, 1.54) is 42.6 Å². The first-order valence-corrected chi connectivity index (χ1v) is 13.0. The Kier molecular flexibility index (Phi) is 6.81. The van der Waals surface area contributed by atoms with E-state index in [9.17, 15) is 14.7 Å². The summed E-state index contributed by atoms with van der Waals surface area (Å²) < 4.78 is 11.6. The molecule has 0 radical (unpaired) electrons. The number of aliphatic hydroxyl groups excluding tert-OH is 1. The Morgan fingerprint density at radius 1 is 1.08 bits per heavy atom.